The number of anilines is 1. The average molecular weight is 310 g/mol. The summed E-state index contributed by atoms with van der Waals surface area (Å²) in [5.74, 6) is -2.40. The van der Waals surface area contributed by atoms with Crippen molar-refractivity contribution in [1.82, 2.24) is 4.98 Å². The Hall–Kier alpha value is -2.48. The second kappa shape index (κ2) is 5.88. The number of carbonyl (C=O) groups is 1. The fraction of sp³-hybridized carbons (Fsp3) is 0.0769. The summed E-state index contributed by atoms with van der Waals surface area (Å²) in [4.78, 5) is 14.4. The lowest BCUT2D eigenvalue weighted by Gasteiger charge is -2.22. The van der Waals surface area contributed by atoms with Crippen LogP contribution in [0.1, 0.15) is 0 Å². The lowest BCUT2D eigenvalue weighted by Crippen LogP contribution is -2.36. The third-order valence-electron chi connectivity index (χ3n) is 2.58. The number of carboxylic acids is 1. The van der Waals surface area contributed by atoms with Gasteiger partial charge in [0.2, 0.25) is 5.03 Å². The molecule has 21 heavy (non-hydrogen) atoms. The molecule has 0 aliphatic carbocycles. The van der Waals surface area contributed by atoms with Crippen LogP contribution in [0, 0.1) is 5.82 Å². The zero-order valence-electron chi connectivity index (χ0n) is 10.7. The number of aromatic nitrogens is 1. The highest BCUT2D eigenvalue weighted by Crippen LogP contribution is 2.23. The molecule has 1 aromatic heterocycles. The fourth-order valence-corrected chi connectivity index (χ4v) is 3.09. The lowest BCUT2D eigenvalue weighted by molar-refractivity contribution is -0.135. The summed E-state index contributed by atoms with van der Waals surface area (Å²) in [6.07, 6.45) is 1.12. The minimum atomic E-state index is -4.41. The smallest absolute Gasteiger partial charge is 0.324 e. The highest BCUT2D eigenvalue weighted by molar-refractivity contribution is 7.92. The number of halogens is 1. The normalized spacial score (nSPS) is 11.1. The molecule has 1 N–H and O–H groups in total. The first-order chi connectivity index (χ1) is 9.93. The first kappa shape index (κ1) is 14.9. The molecule has 8 heteroatoms. The molecule has 0 bridgehead atoms. The van der Waals surface area contributed by atoms with E-state index in [4.69, 9.17) is 5.11 Å². The van der Waals surface area contributed by atoms with Gasteiger partial charge in [0.25, 0.3) is 10.0 Å². The van der Waals surface area contributed by atoms with Gasteiger partial charge >= 0.3 is 5.97 Å². The van der Waals surface area contributed by atoms with Crippen molar-refractivity contribution >= 4 is 21.7 Å². The van der Waals surface area contributed by atoms with Crippen LogP contribution in [0.25, 0.3) is 0 Å². The Kier molecular flexibility index (Phi) is 4.18. The Morgan fingerprint density at radius 2 is 1.86 bits per heavy atom. The minimum Gasteiger partial charge on any atom is -0.480 e. The van der Waals surface area contributed by atoms with Gasteiger partial charge in [-0.15, -0.1) is 0 Å². The molecule has 2 rings (SSSR count). The third-order valence-corrected chi connectivity index (χ3v) is 4.29. The number of hydrogen-bond acceptors (Lipinski definition) is 4. The number of rotatable bonds is 5. The topological polar surface area (TPSA) is 87.6 Å². The molecule has 0 aliphatic heterocycles. The van der Waals surface area contributed by atoms with E-state index >= 15 is 0 Å². The highest BCUT2D eigenvalue weighted by Gasteiger charge is 2.30. The Labute approximate surface area is 120 Å². The summed E-state index contributed by atoms with van der Waals surface area (Å²) >= 11 is 0. The van der Waals surface area contributed by atoms with Crippen molar-refractivity contribution in [3.05, 3.63) is 54.5 Å². The van der Waals surface area contributed by atoms with Crippen LogP contribution in [0.2, 0.25) is 0 Å². The van der Waals surface area contributed by atoms with Gasteiger partial charge in [-0.25, -0.2) is 9.37 Å². The van der Waals surface area contributed by atoms with Gasteiger partial charge in [0.15, 0.2) is 5.82 Å². The van der Waals surface area contributed by atoms with E-state index in [9.17, 15) is 17.6 Å². The molecule has 1 heterocycles. The first-order valence-corrected chi connectivity index (χ1v) is 7.27. The molecule has 110 valence electrons. The van der Waals surface area contributed by atoms with Crippen molar-refractivity contribution in [3.8, 4) is 0 Å². The maximum absolute atomic E-state index is 13.7. The van der Waals surface area contributed by atoms with Crippen LogP contribution in [0.4, 0.5) is 10.1 Å². The second-order valence-electron chi connectivity index (χ2n) is 4.03. The number of hydrogen-bond donors (Lipinski definition) is 1. The van der Waals surface area contributed by atoms with Crippen LogP contribution in [0.5, 0.6) is 0 Å². The zero-order valence-corrected chi connectivity index (χ0v) is 11.5. The van der Waals surface area contributed by atoms with Gasteiger partial charge in [-0.2, -0.15) is 8.42 Å². The van der Waals surface area contributed by atoms with Crippen LogP contribution in [-0.2, 0) is 14.8 Å². The Morgan fingerprint density at radius 1 is 1.19 bits per heavy atom. The third kappa shape index (κ3) is 3.16. The van der Waals surface area contributed by atoms with E-state index in [0.717, 1.165) is 12.3 Å². The van der Waals surface area contributed by atoms with Gasteiger partial charge in [-0.3, -0.25) is 9.10 Å². The number of benzene rings is 1. The summed E-state index contributed by atoms with van der Waals surface area (Å²) in [6.45, 7) is -0.831. The number of aliphatic carboxylic acids is 1. The summed E-state index contributed by atoms with van der Waals surface area (Å²) < 4.78 is 39.2. The quantitative estimate of drug-likeness (QED) is 0.904. The summed E-state index contributed by atoms with van der Waals surface area (Å²) in [7, 11) is -4.41. The van der Waals surface area contributed by atoms with E-state index in [2.05, 4.69) is 4.98 Å². The van der Waals surface area contributed by atoms with Gasteiger partial charge in [0, 0.05) is 6.20 Å². The van der Waals surface area contributed by atoms with Gasteiger partial charge in [-0.1, -0.05) is 18.2 Å². The molecule has 0 atom stereocenters. The number of nitrogens with zero attached hydrogens (tertiary/aromatic N) is 2. The Morgan fingerprint density at radius 3 is 2.43 bits per heavy atom. The molecule has 0 unspecified atom stereocenters. The molecular formula is C13H11FN2O4S. The molecule has 2 aromatic rings. The van der Waals surface area contributed by atoms with Gasteiger partial charge in [0.1, 0.15) is 6.54 Å². The molecule has 0 spiro atoms. The van der Waals surface area contributed by atoms with Crippen molar-refractivity contribution in [2.45, 2.75) is 5.03 Å². The SMILES string of the molecule is O=C(O)CN(c1ccccc1)S(=O)(=O)c1ncccc1F. The summed E-state index contributed by atoms with van der Waals surface area (Å²) in [6, 6.07) is 9.78. The molecule has 1 aromatic carbocycles. The van der Waals surface area contributed by atoms with Crippen LogP contribution in [0.3, 0.4) is 0 Å². The monoisotopic (exact) mass is 310 g/mol. The van der Waals surface area contributed by atoms with E-state index in [0.29, 0.717) is 4.31 Å². The minimum absolute atomic E-state index is 0.116. The van der Waals surface area contributed by atoms with Crippen molar-refractivity contribution in [1.29, 1.82) is 0 Å². The first-order valence-electron chi connectivity index (χ1n) is 5.83. The largest absolute Gasteiger partial charge is 0.480 e. The Balaban J connectivity index is 2.56. The molecule has 6 nitrogen and oxygen atoms in total. The van der Waals surface area contributed by atoms with Crippen molar-refractivity contribution in [3.63, 3.8) is 0 Å². The Bertz CT molecular complexity index is 750. The zero-order chi connectivity index (χ0) is 15.5. The van der Waals surface area contributed by atoms with Gasteiger partial charge in [0.05, 0.1) is 5.69 Å². The highest BCUT2D eigenvalue weighted by atomic mass is 32.2. The molecule has 0 radical (unpaired) electrons. The number of para-hydroxylation sites is 1. The number of sulfonamides is 1. The van der Waals surface area contributed by atoms with Gasteiger partial charge in [-0.05, 0) is 24.3 Å². The molecule has 0 aliphatic rings. The van der Waals surface area contributed by atoms with E-state index in [1.165, 1.54) is 18.2 Å². The van der Waals surface area contributed by atoms with Crippen LogP contribution in [-0.4, -0.2) is 31.0 Å². The fourth-order valence-electron chi connectivity index (χ4n) is 1.70. The predicted molar refractivity (Wildman–Crippen MR) is 72.8 cm³/mol. The lowest BCUT2D eigenvalue weighted by atomic mass is 10.3. The van der Waals surface area contributed by atoms with Crippen molar-refractivity contribution < 1.29 is 22.7 Å². The van der Waals surface area contributed by atoms with E-state index < -0.39 is 33.4 Å². The summed E-state index contributed by atoms with van der Waals surface area (Å²) in [5.41, 5.74) is 0.116. The second-order valence-corrected chi connectivity index (χ2v) is 5.81. The standard InChI is InChI=1S/C13H11FN2O4S/c14-11-7-4-8-15-13(11)21(19,20)16(9-12(17)18)10-5-2-1-3-6-10/h1-8H,9H2,(H,17,18). The number of pyridine rings is 1. The van der Waals surface area contributed by atoms with Crippen LogP contribution in [0.15, 0.2) is 53.7 Å². The summed E-state index contributed by atoms with van der Waals surface area (Å²) in [5, 5.41) is 8.09. The van der Waals surface area contributed by atoms with Gasteiger partial charge < -0.3 is 5.11 Å². The maximum atomic E-state index is 13.7. The maximum Gasteiger partial charge on any atom is 0.324 e. The molecule has 0 fully saturated rings. The van der Waals surface area contributed by atoms with Crippen LogP contribution >= 0.6 is 0 Å². The predicted octanol–water partition coefficient (Wildman–Crippen LogP) is 1.50. The van der Waals surface area contributed by atoms with Crippen LogP contribution < -0.4 is 4.31 Å². The molecule has 0 amide bonds. The molecule has 0 saturated heterocycles. The number of carboxylic acid groups (broad SMARTS) is 1. The van der Waals surface area contributed by atoms with Crippen molar-refractivity contribution in [2.24, 2.45) is 0 Å². The van der Waals surface area contributed by atoms with E-state index in [1.54, 1.807) is 18.2 Å². The molecule has 0 saturated carbocycles. The molecular weight excluding hydrogens is 299 g/mol. The van der Waals surface area contributed by atoms with E-state index in [1.807, 2.05) is 0 Å². The van der Waals surface area contributed by atoms with E-state index in [-0.39, 0.29) is 5.69 Å². The van der Waals surface area contributed by atoms with Crippen molar-refractivity contribution in [2.75, 3.05) is 10.8 Å². The average Bonchev–Trinajstić information content (AvgIpc) is 2.45.